The molecule has 6 nitrogen and oxygen atoms in total. The van der Waals surface area contributed by atoms with Gasteiger partial charge in [0, 0.05) is 6.54 Å². The van der Waals surface area contributed by atoms with Crippen molar-refractivity contribution in [3.8, 4) is 5.88 Å². The predicted octanol–water partition coefficient (Wildman–Crippen LogP) is 1.73. The first-order chi connectivity index (χ1) is 10.6. The Morgan fingerprint density at radius 2 is 2.09 bits per heavy atom. The molecule has 0 saturated carbocycles. The number of imidazole rings is 1. The molecule has 112 valence electrons. The molecule has 0 spiro atoms. The largest absolute Gasteiger partial charge is 0.479 e. The van der Waals surface area contributed by atoms with Crippen LogP contribution in [-0.2, 0) is 6.54 Å². The molecule has 1 aromatic carbocycles. The lowest BCUT2D eigenvalue weighted by atomic mass is 10.2. The van der Waals surface area contributed by atoms with Crippen LogP contribution >= 0.6 is 0 Å². The number of nitrogens with two attached hydrogens (primary N) is 1. The van der Waals surface area contributed by atoms with Crippen LogP contribution in [0, 0.1) is 5.82 Å². The summed E-state index contributed by atoms with van der Waals surface area (Å²) in [7, 11) is 1.46. The first-order valence-corrected chi connectivity index (χ1v) is 6.52. The summed E-state index contributed by atoms with van der Waals surface area (Å²) in [5, 5.41) is 0. The number of amides is 1. The van der Waals surface area contributed by atoms with E-state index < -0.39 is 5.91 Å². The van der Waals surface area contributed by atoms with Crippen LogP contribution in [-0.4, -0.2) is 27.6 Å². The highest BCUT2D eigenvalue weighted by molar-refractivity contribution is 5.95. The molecule has 0 unspecified atom stereocenters. The Labute approximate surface area is 125 Å². The maximum absolute atomic E-state index is 13.0. The van der Waals surface area contributed by atoms with Crippen LogP contribution in [0.1, 0.15) is 16.1 Å². The highest BCUT2D eigenvalue weighted by atomic mass is 19.1. The number of carbonyl (C=O) groups excluding carboxylic acids is 1. The molecule has 0 aliphatic rings. The number of halogens is 1. The van der Waals surface area contributed by atoms with Gasteiger partial charge in [0.05, 0.1) is 19.0 Å². The Bertz CT molecular complexity index is 843. The summed E-state index contributed by atoms with van der Waals surface area (Å²) in [6, 6.07) is 7.70. The Balaban J connectivity index is 2.07. The van der Waals surface area contributed by atoms with Gasteiger partial charge in [-0.25, -0.2) is 14.4 Å². The molecule has 2 heterocycles. The summed E-state index contributed by atoms with van der Waals surface area (Å²) in [6.07, 6.45) is 1.61. The fourth-order valence-corrected chi connectivity index (χ4v) is 2.24. The summed E-state index contributed by atoms with van der Waals surface area (Å²) in [5.74, 6) is -0.663. The topological polar surface area (TPSA) is 83.0 Å². The lowest BCUT2D eigenvalue weighted by Crippen LogP contribution is -2.13. The van der Waals surface area contributed by atoms with Crippen molar-refractivity contribution in [2.45, 2.75) is 6.54 Å². The quantitative estimate of drug-likeness (QED) is 0.795. The van der Waals surface area contributed by atoms with E-state index in [-0.39, 0.29) is 17.4 Å². The highest BCUT2D eigenvalue weighted by Crippen LogP contribution is 2.24. The van der Waals surface area contributed by atoms with Gasteiger partial charge in [0.1, 0.15) is 17.0 Å². The highest BCUT2D eigenvalue weighted by Gasteiger charge is 2.15. The molecule has 0 aliphatic carbocycles. The van der Waals surface area contributed by atoms with Crippen molar-refractivity contribution in [1.82, 2.24) is 14.5 Å². The van der Waals surface area contributed by atoms with Crippen LogP contribution in [0.3, 0.4) is 0 Å². The number of rotatable bonds is 4. The summed E-state index contributed by atoms with van der Waals surface area (Å²) in [4.78, 5) is 19.6. The van der Waals surface area contributed by atoms with E-state index in [1.54, 1.807) is 18.5 Å². The van der Waals surface area contributed by atoms with Gasteiger partial charge in [0.2, 0.25) is 5.88 Å². The number of ether oxygens (including phenoxy) is 1. The summed E-state index contributed by atoms with van der Waals surface area (Å²) in [5.41, 5.74) is 7.45. The first kappa shape index (κ1) is 14.0. The molecule has 0 bridgehead atoms. The second-order valence-electron chi connectivity index (χ2n) is 4.75. The molecule has 0 fully saturated rings. The molecule has 1 amide bonds. The SMILES string of the molecule is COc1nc(C(N)=O)cc2ncn(Cc3ccc(F)cc3)c12. The number of fused-ring (bicyclic) bond motifs is 1. The average Bonchev–Trinajstić information content (AvgIpc) is 2.91. The van der Waals surface area contributed by atoms with Gasteiger partial charge in [-0.3, -0.25) is 4.79 Å². The van der Waals surface area contributed by atoms with Crippen LogP contribution < -0.4 is 10.5 Å². The maximum Gasteiger partial charge on any atom is 0.267 e. The van der Waals surface area contributed by atoms with Gasteiger partial charge in [-0.05, 0) is 23.8 Å². The van der Waals surface area contributed by atoms with E-state index in [0.717, 1.165) is 5.56 Å². The average molecular weight is 300 g/mol. The van der Waals surface area contributed by atoms with Gasteiger partial charge in [-0.15, -0.1) is 0 Å². The van der Waals surface area contributed by atoms with Gasteiger partial charge < -0.3 is 15.0 Å². The molecule has 7 heteroatoms. The second kappa shape index (κ2) is 5.44. The number of nitrogens with zero attached hydrogens (tertiary/aromatic N) is 3. The van der Waals surface area contributed by atoms with Crippen molar-refractivity contribution >= 4 is 16.9 Å². The van der Waals surface area contributed by atoms with Gasteiger partial charge >= 0.3 is 0 Å². The van der Waals surface area contributed by atoms with E-state index in [0.29, 0.717) is 17.6 Å². The van der Waals surface area contributed by atoms with Crippen LogP contribution in [0.15, 0.2) is 36.7 Å². The zero-order valence-corrected chi connectivity index (χ0v) is 11.8. The lowest BCUT2D eigenvalue weighted by Gasteiger charge is -2.08. The maximum atomic E-state index is 13.0. The Morgan fingerprint density at radius 1 is 1.36 bits per heavy atom. The molecule has 0 atom stereocenters. The van der Waals surface area contributed by atoms with Crippen molar-refractivity contribution in [2.75, 3.05) is 7.11 Å². The van der Waals surface area contributed by atoms with Crippen LogP contribution in [0.5, 0.6) is 5.88 Å². The van der Waals surface area contributed by atoms with Gasteiger partial charge in [-0.2, -0.15) is 0 Å². The van der Waals surface area contributed by atoms with E-state index in [9.17, 15) is 9.18 Å². The molecule has 2 N–H and O–H groups in total. The molecule has 0 radical (unpaired) electrons. The van der Waals surface area contributed by atoms with E-state index >= 15 is 0 Å². The van der Waals surface area contributed by atoms with Crippen LogP contribution in [0.2, 0.25) is 0 Å². The van der Waals surface area contributed by atoms with E-state index in [4.69, 9.17) is 10.5 Å². The van der Waals surface area contributed by atoms with Gasteiger partial charge in [0.25, 0.3) is 5.91 Å². The molecule has 3 rings (SSSR count). The molecule has 3 aromatic rings. The number of benzene rings is 1. The number of pyridine rings is 1. The van der Waals surface area contributed by atoms with E-state index in [1.807, 2.05) is 4.57 Å². The van der Waals surface area contributed by atoms with E-state index in [2.05, 4.69) is 9.97 Å². The van der Waals surface area contributed by atoms with E-state index in [1.165, 1.54) is 25.3 Å². The Hall–Kier alpha value is -2.96. The van der Waals surface area contributed by atoms with Gasteiger partial charge in [-0.1, -0.05) is 12.1 Å². The molecule has 2 aromatic heterocycles. The zero-order valence-electron chi connectivity index (χ0n) is 11.8. The molecular weight excluding hydrogens is 287 g/mol. The van der Waals surface area contributed by atoms with Crippen molar-refractivity contribution in [3.05, 3.63) is 53.7 Å². The Morgan fingerprint density at radius 3 is 2.73 bits per heavy atom. The number of hydrogen-bond donors (Lipinski definition) is 1. The van der Waals surface area contributed by atoms with Crippen LogP contribution in [0.4, 0.5) is 4.39 Å². The van der Waals surface area contributed by atoms with Crippen molar-refractivity contribution in [1.29, 1.82) is 0 Å². The van der Waals surface area contributed by atoms with Gasteiger partial charge in [0.15, 0.2) is 0 Å². The fourth-order valence-electron chi connectivity index (χ4n) is 2.24. The number of hydrogen-bond acceptors (Lipinski definition) is 4. The normalized spacial score (nSPS) is 10.8. The van der Waals surface area contributed by atoms with Crippen molar-refractivity contribution in [2.24, 2.45) is 5.73 Å². The monoisotopic (exact) mass is 300 g/mol. The molecule has 22 heavy (non-hydrogen) atoms. The minimum absolute atomic E-state index is 0.0939. The number of methoxy groups -OCH3 is 1. The Kier molecular flexibility index (Phi) is 3.46. The van der Waals surface area contributed by atoms with Crippen LogP contribution in [0.25, 0.3) is 11.0 Å². The lowest BCUT2D eigenvalue weighted by molar-refractivity contribution is 0.0995. The minimum Gasteiger partial charge on any atom is -0.479 e. The molecule has 0 saturated heterocycles. The van der Waals surface area contributed by atoms with Crippen molar-refractivity contribution in [3.63, 3.8) is 0 Å². The zero-order chi connectivity index (χ0) is 15.7. The molecular formula is C15H13FN4O2. The number of primary amides is 1. The van der Waals surface area contributed by atoms with Crippen molar-refractivity contribution < 1.29 is 13.9 Å². The minimum atomic E-state index is -0.645. The fraction of sp³-hybridized carbons (Fsp3) is 0.133. The molecule has 0 aliphatic heterocycles. The summed E-state index contributed by atoms with van der Waals surface area (Å²) in [6.45, 7) is 0.477. The summed E-state index contributed by atoms with van der Waals surface area (Å²) >= 11 is 0. The third kappa shape index (κ3) is 2.48. The number of aromatic nitrogens is 3. The third-order valence-electron chi connectivity index (χ3n) is 3.28. The second-order valence-corrected chi connectivity index (χ2v) is 4.75. The predicted molar refractivity (Wildman–Crippen MR) is 78.1 cm³/mol. The standard InChI is InChI=1S/C15H13FN4O2/c1-22-15-13-11(6-12(19-15)14(17)21)18-8-20(13)7-9-2-4-10(16)5-3-9/h2-6,8H,7H2,1H3,(H2,17,21). The smallest absolute Gasteiger partial charge is 0.267 e. The first-order valence-electron chi connectivity index (χ1n) is 6.52. The number of carbonyl (C=O) groups is 1. The summed E-state index contributed by atoms with van der Waals surface area (Å²) < 4.78 is 20.0. The third-order valence-corrected chi connectivity index (χ3v) is 3.28.